The second-order valence-electron chi connectivity index (χ2n) is 8.05. The van der Waals surface area contributed by atoms with Gasteiger partial charge in [0.25, 0.3) is 5.91 Å². The van der Waals surface area contributed by atoms with Gasteiger partial charge in [0.15, 0.2) is 0 Å². The number of anilines is 1. The van der Waals surface area contributed by atoms with E-state index < -0.39 is 18.2 Å². The summed E-state index contributed by atoms with van der Waals surface area (Å²) >= 11 is 0. The highest BCUT2D eigenvalue weighted by molar-refractivity contribution is 5.94. The van der Waals surface area contributed by atoms with Gasteiger partial charge in [-0.1, -0.05) is 48.6 Å². The lowest BCUT2D eigenvalue weighted by Crippen LogP contribution is -2.51. The monoisotopic (exact) mass is 435 g/mol. The molecule has 1 fully saturated rings. The maximum absolute atomic E-state index is 12.8. The molecular weight excluding hydrogens is 406 g/mol. The third-order valence-electron chi connectivity index (χ3n) is 5.93. The Balaban J connectivity index is 1.29. The van der Waals surface area contributed by atoms with Crippen LogP contribution in [0.1, 0.15) is 16.8 Å². The number of rotatable bonds is 6. The minimum absolute atomic E-state index is 0.0378. The van der Waals surface area contributed by atoms with Crippen LogP contribution in [-0.2, 0) is 9.53 Å². The average Bonchev–Trinajstić information content (AvgIpc) is 2.86. The molecule has 0 spiro atoms. The van der Waals surface area contributed by atoms with E-state index in [4.69, 9.17) is 4.74 Å². The summed E-state index contributed by atoms with van der Waals surface area (Å²) < 4.78 is 5.93. The predicted octanol–water partition coefficient (Wildman–Crippen LogP) is 1.84. The van der Waals surface area contributed by atoms with E-state index >= 15 is 0 Å². The van der Waals surface area contributed by atoms with Crippen LogP contribution in [0.4, 0.5) is 5.69 Å². The maximum atomic E-state index is 12.8. The molecule has 2 aromatic rings. The average molecular weight is 436 g/mol. The van der Waals surface area contributed by atoms with Crippen molar-refractivity contribution >= 4 is 17.5 Å². The van der Waals surface area contributed by atoms with E-state index in [1.807, 2.05) is 35.2 Å². The number of nitrogens with zero attached hydrogens (tertiary/aromatic N) is 2. The van der Waals surface area contributed by atoms with Crippen molar-refractivity contribution in [2.24, 2.45) is 0 Å². The highest BCUT2D eigenvalue weighted by atomic mass is 16.5. The number of carbonyl (C=O) groups is 2. The van der Waals surface area contributed by atoms with Crippen LogP contribution in [0.2, 0.25) is 0 Å². The molecule has 2 aliphatic rings. The third-order valence-corrected chi connectivity index (χ3v) is 5.93. The summed E-state index contributed by atoms with van der Waals surface area (Å²) in [6.45, 7) is 2.69. The number of benzene rings is 2. The Kier molecular flexibility index (Phi) is 7.19. The lowest BCUT2D eigenvalue weighted by molar-refractivity contribution is -0.135. The normalized spacial score (nSPS) is 23.1. The van der Waals surface area contributed by atoms with Gasteiger partial charge in [-0.15, -0.1) is 0 Å². The molecule has 32 heavy (non-hydrogen) atoms. The molecule has 0 unspecified atom stereocenters. The van der Waals surface area contributed by atoms with E-state index in [2.05, 4.69) is 22.3 Å². The third kappa shape index (κ3) is 5.36. The molecule has 2 aliphatic heterocycles. The molecule has 4 rings (SSSR count). The van der Waals surface area contributed by atoms with Gasteiger partial charge >= 0.3 is 0 Å². The first-order valence-corrected chi connectivity index (χ1v) is 11.0. The molecule has 0 aliphatic carbocycles. The van der Waals surface area contributed by atoms with Crippen molar-refractivity contribution in [2.75, 3.05) is 37.7 Å². The molecule has 2 heterocycles. The van der Waals surface area contributed by atoms with Crippen molar-refractivity contribution in [3.63, 3.8) is 0 Å². The smallest absolute Gasteiger partial charge is 0.251 e. The molecule has 168 valence electrons. The highest BCUT2D eigenvalue weighted by Gasteiger charge is 2.31. The van der Waals surface area contributed by atoms with Crippen molar-refractivity contribution in [3.8, 4) is 0 Å². The molecule has 7 nitrogen and oxygen atoms in total. The zero-order valence-corrected chi connectivity index (χ0v) is 18.0. The Morgan fingerprint density at radius 3 is 2.25 bits per heavy atom. The molecule has 7 heteroatoms. The van der Waals surface area contributed by atoms with Crippen LogP contribution in [-0.4, -0.2) is 72.9 Å². The fraction of sp³-hybridized carbons (Fsp3) is 0.360. The van der Waals surface area contributed by atoms with Gasteiger partial charge in [-0.25, -0.2) is 0 Å². The van der Waals surface area contributed by atoms with Gasteiger partial charge in [-0.05, 0) is 24.3 Å². The quantitative estimate of drug-likeness (QED) is 0.677. The number of amides is 2. The van der Waals surface area contributed by atoms with Crippen molar-refractivity contribution in [1.82, 2.24) is 10.2 Å². The zero-order valence-electron chi connectivity index (χ0n) is 18.0. The number of aliphatic hydroxyl groups excluding tert-OH is 1. The number of aliphatic hydroxyl groups is 1. The second kappa shape index (κ2) is 10.4. The maximum Gasteiger partial charge on any atom is 0.251 e. The van der Waals surface area contributed by atoms with E-state index in [1.165, 1.54) is 5.69 Å². The Morgan fingerprint density at radius 2 is 1.59 bits per heavy atom. The Hall–Kier alpha value is -3.16. The number of nitrogens with one attached hydrogen (secondary N) is 1. The summed E-state index contributed by atoms with van der Waals surface area (Å²) in [5.74, 6) is -0.191. The molecule has 2 amide bonds. The SMILES string of the molecule is O=C(N[C@H]1C=C[C@H](CC(=O)N2CCN(c3ccccc3)CC2)O[C@@H]1CO)c1ccccc1. The molecule has 0 radical (unpaired) electrons. The number of carbonyl (C=O) groups excluding carboxylic acids is 2. The number of piperazine rings is 1. The van der Waals surface area contributed by atoms with Crippen LogP contribution in [0.3, 0.4) is 0 Å². The van der Waals surface area contributed by atoms with E-state index in [0.717, 1.165) is 13.1 Å². The van der Waals surface area contributed by atoms with E-state index in [9.17, 15) is 14.7 Å². The Labute approximate surface area is 188 Å². The fourth-order valence-electron chi connectivity index (χ4n) is 4.11. The predicted molar refractivity (Wildman–Crippen MR) is 122 cm³/mol. The summed E-state index contributed by atoms with van der Waals surface area (Å²) in [7, 11) is 0. The first-order valence-electron chi connectivity index (χ1n) is 11.0. The molecule has 0 aromatic heterocycles. The lowest BCUT2D eigenvalue weighted by Gasteiger charge is -2.37. The first kappa shape index (κ1) is 22.0. The zero-order chi connectivity index (χ0) is 22.3. The van der Waals surface area contributed by atoms with Crippen LogP contribution in [0, 0.1) is 0 Å². The minimum Gasteiger partial charge on any atom is -0.394 e. The summed E-state index contributed by atoms with van der Waals surface area (Å²) in [6.07, 6.45) is 2.83. The van der Waals surface area contributed by atoms with Gasteiger partial charge in [0.2, 0.25) is 5.91 Å². The molecule has 2 aromatic carbocycles. The minimum atomic E-state index is -0.597. The van der Waals surface area contributed by atoms with Gasteiger partial charge in [0, 0.05) is 37.4 Å². The van der Waals surface area contributed by atoms with Crippen LogP contribution in [0.25, 0.3) is 0 Å². The summed E-state index contributed by atoms with van der Waals surface area (Å²) in [5.41, 5.74) is 1.72. The topological polar surface area (TPSA) is 82.1 Å². The van der Waals surface area contributed by atoms with Gasteiger partial charge in [-0.3, -0.25) is 9.59 Å². The van der Waals surface area contributed by atoms with Crippen molar-refractivity contribution in [3.05, 3.63) is 78.4 Å². The number of para-hydroxylation sites is 1. The van der Waals surface area contributed by atoms with Crippen molar-refractivity contribution in [2.45, 2.75) is 24.7 Å². The largest absolute Gasteiger partial charge is 0.394 e. The van der Waals surface area contributed by atoms with Crippen molar-refractivity contribution < 1.29 is 19.4 Å². The van der Waals surface area contributed by atoms with Crippen LogP contribution < -0.4 is 10.2 Å². The van der Waals surface area contributed by atoms with Gasteiger partial charge in [0.05, 0.1) is 25.2 Å². The van der Waals surface area contributed by atoms with Crippen LogP contribution in [0.15, 0.2) is 72.8 Å². The van der Waals surface area contributed by atoms with Crippen molar-refractivity contribution in [1.29, 1.82) is 0 Å². The standard InChI is InChI=1S/C25H29N3O4/c29-18-23-22(26-25(31)19-7-3-1-4-8-19)12-11-21(32-23)17-24(30)28-15-13-27(14-16-28)20-9-5-2-6-10-20/h1-12,21-23,29H,13-18H2,(H,26,31)/t21-,22+,23-/m1/s1. The molecule has 1 saturated heterocycles. The Morgan fingerprint density at radius 1 is 0.938 bits per heavy atom. The summed E-state index contributed by atoms with van der Waals surface area (Å²) in [4.78, 5) is 29.4. The summed E-state index contributed by atoms with van der Waals surface area (Å²) in [5, 5.41) is 12.7. The van der Waals surface area contributed by atoms with E-state index in [-0.39, 0.29) is 24.8 Å². The van der Waals surface area contributed by atoms with Gasteiger partial charge in [-0.2, -0.15) is 0 Å². The van der Waals surface area contributed by atoms with Gasteiger partial charge < -0.3 is 25.0 Å². The first-order chi connectivity index (χ1) is 15.6. The second-order valence-corrected chi connectivity index (χ2v) is 8.05. The Bertz CT molecular complexity index is 927. The molecule has 2 N–H and O–H groups in total. The molecule has 0 saturated carbocycles. The van der Waals surface area contributed by atoms with Crippen LogP contribution in [0.5, 0.6) is 0 Å². The van der Waals surface area contributed by atoms with Crippen LogP contribution >= 0.6 is 0 Å². The lowest BCUT2D eigenvalue weighted by atomic mass is 10.0. The molecular formula is C25H29N3O4. The molecule has 0 bridgehead atoms. The van der Waals surface area contributed by atoms with E-state index in [0.29, 0.717) is 18.7 Å². The number of hydrogen-bond donors (Lipinski definition) is 2. The number of hydrogen-bond acceptors (Lipinski definition) is 5. The fourth-order valence-corrected chi connectivity index (χ4v) is 4.11. The van der Waals surface area contributed by atoms with E-state index in [1.54, 1.807) is 30.3 Å². The number of ether oxygens (including phenoxy) is 1. The summed E-state index contributed by atoms with van der Waals surface area (Å²) in [6, 6.07) is 18.7. The highest BCUT2D eigenvalue weighted by Crippen LogP contribution is 2.19. The van der Waals surface area contributed by atoms with Gasteiger partial charge in [0.1, 0.15) is 6.10 Å². The molecule has 3 atom stereocenters.